The van der Waals surface area contributed by atoms with E-state index in [0.29, 0.717) is 0 Å². The quantitative estimate of drug-likeness (QED) is 0.181. The van der Waals surface area contributed by atoms with Gasteiger partial charge in [-0.1, -0.05) is 133 Å². The Morgan fingerprint density at radius 3 is 2.04 bits per heavy atom. The number of rotatable bonds is 5. The van der Waals surface area contributed by atoms with Gasteiger partial charge in [0.2, 0.25) is 0 Å². The van der Waals surface area contributed by atoms with Crippen molar-refractivity contribution in [3.8, 4) is 39.4 Å². The Morgan fingerprint density at radius 2 is 1.11 bits per heavy atom. The number of hydrogen-bond acceptors (Lipinski definition) is 2. The van der Waals surface area contributed by atoms with Gasteiger partial charge in [0.1, 0.15) is 0 Å². The van der Waals surface area contributed by atoms with Crippen LogP contribution in [0.4, 0.5) is 17.1 Å². The SMILES string of the molecule is c1cc(-c2cccc3c2c2cccc4c2n3-c2ccccc2O4)cc(N(c2ccc(-c3ccc4ccccc4c3)cc2)c2cccc3ccccc23)c1. The number of hydrogen-bond donors (Lipinski definition) is 0. The first-order chi connectivity index (χ1) is 26.3. The number of aromatic nitrogens is 1. The standard InChI is InChI=1S/C50H32N2O/c1-2-13-36-31-37(26-25-33(36)11-1)34-27-29-39(30-28-34)51(44-21-8-14-35-12-3-4-17-41(35)44)40-16-7-15-38(32-40)42-18-9-22-46-49(42)43-19-10-24-48-50(43)52(46)45-20-5-6-23-47(45)53-48/h1-32H. The minimum absolute atomic E-state index is 0.870. The highest BCUT2D eigenvalue weighted by Gasteiger charge is 2.25. The van der Waals surface area contributed by atoms with Gasteiger partial charge in [0.25, 0.3) is 0 Å². The zero-order valence-electron chi connectivity index (χ0n) is 28.8. The molecule has 0 amide bonds. The zero-order valence-corrected chi connectivity index (χ0v) is 28.8. The number of ether oxygens (including phenoxy) is 1. The summed E-state index contributed by atoms with van der Waals surface area (Å²) in [7, 11) is 0. The van der Waals surface area contributed by atoms with Crippen LogP contribution in [0.15, 0.2) is 194 Å². The highest BCUT2D eigenvalue weighted by molar-refractivity contribution is 6.18. The maximum Gasteiger partial charge on any atom is 0.152 e. The third-order valence-electron chi connectivity index (χ3n) is 10.7. The van der Waals surface area contributed by atoms with Crippen molar-refractivity contribution in [2.24, 2.45) is 0 Å². The fourth-order valence-corrected chi connectivity index (χ4v) is 8.32. The monoisotopic (exact) mass is 676 g/mol. The average Bonchev–Trinajstić information content (AvgIpc) is 3.57. The normalized spacial score (nSPS) is 11.9. The van der Waals surface area contributed by atoms with Crippen molar-refractivity contribution in [1.29, 1.82) is 0 Å². The Labute approximate surface area is 307 Å². The maximum atomic E-state index is 6.44. The van der Waals surface area contributed by atoms with Gasteiger partial charge in [-0.15, -0.1) is 0 Å². The van der Waals surface area contributed by atoms with Crippen LogP contribution in [0.3, 0.4) is 0 Å². The summed E-state index contributed by atoms with van der Waals surface area (Å²) in [5, 5.41) is 7.31. The molecule has 0 radical (unpaired) electrons. The summed E-state index contributed by atoms with van der Waals surface area (Å²) >= 11 is 0. The van der Waals surface area contributed by atoms with E-state index in [0.717, 1.165) is 45.3 Å². The zero-order chi connectivity index (χ0) is 34.9. The molecule has 1 aliphatic rings. The van der Waals surface area contributed by atoms with E-state index in [-0.39, 0.29) is 0 Å². The first-order valence-corrected chi connectivity index (χ1v) is 18.1. The lowest BCUT2D eigenvalue weighted by molar-refractivity contribution is 0.476. The van der Waals surface area contributed by atoms with E-state index in [1.54, 1.807) is 0 Å². The van der Waals surface area contributed by atoms with Crippen molar-refractivity contribution < 1.29 is 4.74 Å². The van der Waals surface area contributed by atoms with E-state index >= 15 is 0 Å². The highest BCUT2D eigenvalue weighted by atomic mass is 16.5. The second-order valence-corrected chi connectivity index (χ2v) is 13.8. The van der Waals surface area contributed by atoms with Crippen molar-refractivity contribution in [2.45, 2.75) is 0 Å². The molecular weight excluding hydrogens is 645 g/mol. The van der Waals surface area contributed by atoms with Crippen molar-refractivity contribution in [3.05, 3.63) is 194 Å². The second-order valence-electron chi connectivity index (χ2n) is 13.8. The topological polar surface area (TPSA) is 17.4 Å². The molecule has 3 nitrogen and oxygen atoms in total. The van der Waals surface area contributed by atoms with Gasteiger partial charge in [0, 0.05) is 27.5 Å². The molecule has 0 saturated carbocycles. The van der Waals surface area contributed by atoms with Crippen LogP contribution in [0.2, 0.25) is 0 Å². The molecule has 0 unspecified atom stereocenters. The molecule has 0 N–H and O–H groups in total. The van der Waals surface area contributed by atoms with Gasteiger partial charge in [-0.25, -0.2) is 0 Å². The fraction of sp³-hybridized carbons (Fsp3) is 0. The van der Waals surface area contributed by atoms with Crippen LogP contribution in [-0.2, 0) is 0 Å². The highest BCUT2D eigenvalue weighted by Crippen LogP contribution is 2.48. The summed E-state index contributed by atoms with van der Waals surface area (Å²) < 4.78 is 8.80. The minimum atomic E-state index is 0.870. The molecule has 10 aromatic rings. The van der Waals surface area contributed by atoms with Gasteiger partial charge in [-0.05, 0) is 99.1 Å². The fourth-order valence-electron chi connectivity index (χ4n) is 8.32. The predicted molar refractivity (Wildman–Crippen MR) is 221 cm³/mol. The summed E-state index contributed by atoms with van der Waals surface area (Å²) in [6.45, 7) is 0. The molecular formula is C50H32N2O. The van der Waals surface area contributed by atoms with E-state index in [1.165, 1.54) is 54.5 Å². The smallest absolute Gasteiger partial charge is 0.152 e. The van der Waals surface area contributed by atoms with Crippen molar-refractivity contribution in [3.63, 3.8) is 0 Å². The van der Waals surface area contributed by atoms with Gasteiger partial charge in [-0.3, -0.25) is 0 Å². The lowest BCUT2D eigenvalue weighted by Crippen LogP contribution is -2.10. The molecule has 2 heterocycles. The number of anilines is 3. The first kappa shape index (κ1) is 29.6. The summed E-state index contributed by atoms with van der Waals surface area (Å²) in [5.74, 6) is 1.75. The molecule has 0 spiro atoms. The van der Waals surface area contributed by atoms with Crippen LogP contribution in [0.25, 0.3) is 71.3 Å². The maximum absolute atomic E-state index is 6.44. The average molecular weight is 677 g/mol. The van der Waals surface area contributed by atoms with Crippen molar-refractivity contribution in [2.75, 3.05) is 4.90 Å². The van der Waals surface area contributed by atoms with Crippen LogP contribution >= 0.6 is 0 Å². The molecule has 3 heteroatoms. The van der Waals surface area contributed by atoms with Gasteiger partial charge in [0.15, 0.2) is 11.5 Å². The van der Waals surface area contributed by atoms with Gasteiger partial charge >= 0.3 is 0 Å². The molecule has 53 heavy (non-hydrogen) atoms. The predicted octanol–water partition coefficient (Wildman–Crippen LogP) is 14.0. The lowest BCUT2D eigenvalue weighted by Gasteiger charge is -2.27. The minimum Gasteiger partial charge on any atom is -0.453 e. The Balaban J connectivity index is 1.09. The molecule has 0 bridgehead atoms. The van der Waals surface area contributed by atoms with Crippen molar-refractivity contribution >= 4 is 60.4 Å². The number of para-hydroxylation sites is 3. The molecule has 11 rings (SSSR count). The summed E-state index contributed by atoms with van der Waals surface area (Å²) in [6, 6.07) is 69.8. The van der Waals surface area contributed by atoms with E-state index in [4.69, 9.17) is 4.74 Å². The van der Waals surface area contributed by atoms with E-state index in [1.807, 2.05) is 12.1 Å². The molecule has 0 saturated heterocycles. The molecule has 248 valence electrons. The van der Waals surface area contributed by atoms with Crippen LogP contribution in [0.1, 0.15) is 0 Å². The Kier molecular flexibility index (Phi) is 6.55. The van der Waals surface area contributed by atoms with E-state index in [2.05, 4.69) is 191 Å². The third kappa shape index (κ3) is 4.68. The second kappa shape index (κ2) is 11.7. The molecule has 0 atom stereocenters. The van der Waals surface area contributed by atoms with Crippen LogP contribution in [-0.4, -0.2) is 4.57 Å². The molecule has 0 fully saturated rings. The van der Waals surface area contributed by atoms with Crippen LogP contribution in [0.5, 0.6) is 11.5 Å². The number of nitrogens with zero attached hydrogens (tertiary/aromatic N) is 2. The van der Waals surface area contributed by atoms with Crippen molar-refractivity contribution in [1.82, 2.24) is 4.57 Å². The largest absolute Gasteiger partial charge is 0.453 e. The first-order valence-electron chi connectivity index (χ1n) is 18.1. The lowest BCUT2D eigenvalue weighted by atomic mass is 9.98. The Bertz CT molecular complexity index is 3040. The molecule has 1 aliphatic heterocycles. The van der Waals surface area contributed by atoms with Crippen LogP contribution < -0.4 is 9.64 Å². The third-order valence-corrected chi connectivity index (χ3v) is 10.7. The number of benzene rings is 9. The molecule has 1 aromatic heterocycles. The number of fused-ring (bicyclic) bond motifs is 7. The summed E-state index contributed by atoms with van der Waals surface area (Å²) in [5.41, 5.74) is 11.4. The van der Waals surface area contributed by atoms with Gasteiger partial charge in [0.05, 0.1) is 22.4 Å². The van der Waals surface area contributed by atoms with Crippen LogP contribution in [0, 0.1) is 0 Å². The summed E-state index contributed by atoms with van der Waals surface area (Å²) in [6.07, 6.45) is 0. The Hall–Kier alpha value is -7.10. The summed E-state index contributed by atoms with van der Waals surface area (Å²) in [4.78, 5) is 2.40. The van der Waals surface area contributed by atoms with Gasteiger partial charge < -0.3 is 14.2 Å². The van der Waals surface area contributed by atoms with E-state index < -0.39 is 0 Å². The Morgan fingerprint density at radius 1 is 0.415 bits per heavy atom. The molecule has 0 aliphatic carbocycles. The molecule has 9 aromatic carbocycles. The van der Waals surface area contributed by atoms with Gasteiger partial charge in [-0.2, -0.15) is 0 Å². The van der Waals surface area contributed by atoms with E-state index in [9.17, 15) is 0 Å².